The molecule has 0 fully saturated rings. The quantitative estimate of drug-likeness (QED) is 0.623. The SMILES string of the molecule is Cc1nn(Cc2ccccc2)c(Cl)c1CN(CCC(N)=O)c1ccc(F)cc1. The van der Waals surface area contributed by atoms with Gasteiger partial charge in [-0.3, -0.25) is 4.79 Å². The average molecular weight is 401 g/mol. The van der Waals surface area contributed by atoms with Crippen molar-refractivity contribution >= 4 is 23.2 Å². The van der Waals surface area contributed by atoms with Gasteiger partial charge in [0.1, 0.15) is 11.0 Å². The van der Waals surface area contributed by atoms with Crippen LogP contribution in [0.15, 0.2) is 54.6 Å². The van der Waals surface area contributed by atoms with Crippen LogP contribution in [0.4, 0.5) is 10.1 Å². The highest BCUT2D eigenvalue weighted by Crippen LogP contribution is 2.25. The Morgan fingerprint density at radius 3 is 2.50 bits per heavy atom. The number of nitrogens with two attached hydrogens (primary N) is 1. The minimum Gasteiger partial charge on any atom is -0.370 e. The number of aromatic nitrogens is 2. The van der Waals surface area contributed by atoms with E-state index < -0.39 is 5.91 Å². The number of primary amides is 1. The van der Waals surface area contributed by atoms with Crippen LogP contribution in [-0.4, -0.2) is 22.2 Å². The highest BCUT2D eigenvalue weighted by molar-refractivity contribution is 6.30. The molecule has 28 heavy (non-hydrogen) atoms. The molecule has 0 bridgehead atoms. The molecule has 3 aromatic rings. The number of anilines is 1. The van der Waals surface area contributed by atoms with Crippen LogP contribution in [0.5, 0.6) is 0 Å². The molecule has 1 heterocycles. The molecular formula is C21H22ClFN4O. The van der Waals surface area contributed by atoms with Crippen LogP contribution in [0, 0.1) is 12.7 Å². The van der Waals surface area contributed by atoms with Crippen molar-refractivity contribution in [3.05, 3.63) is 82.4 Å². The van der Waals surface area contributed by atoms with Gasteiger partial charge in [0.25, 0.3) is 0 Å². The van der Waals surface area contributed by atoms with Crippen LogP contribution in [0.1, 0.15) is 23.2 Å². The van der Waals surface area contributed by atoms with E-state index in [0.717, 1.165) is 22.5 Å². The van der Waals surface area contributed by atoms with Crippen molar-refractivity contribution < 1.29 is 9.18 Å². The molecule has 0 radical (unpaired) electrons. The molecule has 1 amide bonds. The molecule has 0 aliphatic carbocycles. The summed E-state index contributed by atoms with van der Waals surface area (Å²) in [5.41, 5.74) is 8.88. The highest BCUT2D eigenvalue weighted by atomic mass is 35.5. The van der Waals surface area contributed by atoms with Gasteiger partial charge in [-0.05, 0) is 36.8 Å². The second-order valence-electron chi connectivity index (χ2n) is 6.61. The third kappa shape index (κ3) is 4.89. The summed E-state index contributed by atoms with van der Waals surface area (Å²) in [4.78, 5) is 13.2. The topological polar surface area (TPSA) is 64.2 Å². The minimum atomic E-state index is -0.394. The fourth-order valence-corrected chi connectivity index (χ4v) is 3.31. The second-order valence-corrected chi connectivity index (χ2v) is 6.97. The number of carbonyl (C=O) groups is 1. The number of amides is 1. The van der Waals surface area contributed by atoms with Crippen LogP contribution in [0.3, 0.4) is 0 Å². The number of rotatable bonds is 8. The van der Waals surface area contributed by atoms with Gasteiger partial charge >= 0.3 is 0 Å². The molecule has 0 saturated carbocycles. The zero-order chi connectivity index (χ0) is 20.1. The molecule has 146 valence electrons. The Morgan fingerprint density at radius 2 is 1.86 bits per heavy atom. The van der Waals surface area contributed by atoms with Crippen molar-refractivity contribution in [1.82, 2.24) is 9.78 Å². The maximum atomic E-state index is 13.3. The third-order valence-electron chi connectivity index (χ3n) is 4.53. The number of carbonyl (C=O) groups excluding carboxylic acids is 1. The first-order chi connectivity index (χ1) is 13.4. The van der Waals surface area contributed by atoms with Crippen molar-refractivity contribution in [2.45, 2.75) is 26.4 Å². The van der Waals surface area contributed by atoms with E-state index >= 15 is 0 Å². The molecule has 2 N–H and O–H groups in total. The van der Waals surface area contributed by atoms with E-state index in [0.29, 0.717) is 24.8 Å². The van der Waals surface area contributed by atoms with Gasteiger partial charge < -0.3 is 10.6 Å². The lowest BCUT2D eigenvalue weighted by Crippen LogP contribution is -2.28. The summed E-state index contributed by atoms with van der Waals surface area (Å²) in [5.74, 6) is -0.710. The fraction of sp³-hybridized carbons (Fsp3) is 0.238. The zero-order valence-corrected chi connectivity index (χ0v) is 16.4. The first kappa shape index (κ1) is 19.9. The van der Waals surface area contributed by atoms with Crippen LogP contribution in [0.25, 0.3) is 0 Å². The normalized spacial score (nSPS) is 10.8. The van der Waals surface area contributed by atoms with Gasteiger partial charge in [0.05, 0.1) is 12.2 Å². The lowest BCUT2D eigenvalue weighted by molar-refractivity contribution is -0.117. The van der Waals surface area contributed by atoms with Gasteiger partial charge in [0, 0.05) is 30.8 Å². The van der Waals surface area contributed by atoms with E-state index in [1.807, 2.05) is 42.2 Å². The maximum absolute atomic E-state index is 13.3. The number of hydrogen-bond donors (Lipinski definition) is 1. The Labute approximate surface area is 168 Å². The number of aryl methyl sites for hydroxylation is 1. The molecule has 5 nitrogen and oxygen atoms in total. The van der Waals surface area contributed by atoms with E-state index in [2.05, 4.69) is 5.10 Å². The number of nitrogens with zero attached hydrogens (tertiary/aromatic N) is 3. The standard InChI is InChI=1S/C21H22ClFN4O/c1-15-19(21(22)27(25-15)13-16-5-3-2-4-6-16)14-26(12-11-20(24)28)18-9-7-17(23)8-10-18/h2-10H,11-14H2,1H3,(H2,24,28). The lowest BCUT2D eigenvalue weighted by Gasteiger charge is -2.24. The maximum Gasteiger partial charge on any atom is 0.219 e. The Bertz CT molecular complexity index is 941. The Balaban J connectivity index is 1.85. The molecule has 2 aromatic carbocycles. The summed E-state index contributed by atoms with van der Waals surface area (Å²) in [7, 11) is 0. The van der Waals surface area contributed by atoms with E-state index in [4.69, 9.17) is 17.3 Å². The smallest absolute Gasteiger partial charge is 0.219 e. The minimum absolute atomic E-state index is 0.187. The zero-order valence-electron chi connectivity index (χ0n) is 15.6. The molecule has 0 spiro atoms. The predicted octanol–water partition coefficient (Wildman–Crippen LogP) is 3.91. The van der Waals surface area contributed by atoms with Gasteiger partial charge in [-0.2, -0.15) is 5.10 Å². The molecule has 0 atom stereocenters. The number of halogens is 2. The molecule has 7 heteroatoms. The summed E-state index contributed by atoms with van der Waals surface area (Å²) in [6.07, 6.45) is 0.187. The van der Waals surface area contributed by atoms with Crippen LogP contribution in [0.2, 0.25) is 5.15 Å². The largest absolute Gasteiger partial charge is 0.370 e. The van der Waals surface area contributed by atoms with Gasteiger partial charge in [-0.15, -0.1) is 0 Å². The molecule has 0 aliphatic heterocycles. The number of hydrogen-bond acceptors (Lipinski definition) is 3. The summed E-state index contributed by atoms with van der Waals surface area (Å²) in [6, 6.07) is 16.1. The van der Waals surface area contributed by atoms with Crippen molar-refractivity contribution in [2.75, 3.05) is 11.4 Å². The van der Waals surface area contributed by atoms with E-state index in [-0.39, 0.29) is 12.2 Å². The highest BCUT2D eigenvalue weighted by Gasteiger charge is 2.18. The molecule has 1 aromatic heterocycles. The van der Waals surface area contributed by atoms with Crippen molar-refractivity contribution in [2.24, 2.45) is 5.73 Å². The summed E-state index contributed by atoms with van der Waals surface area (Å²) >= 11 is 6.62. The lowest BCUT2D eigenvalue weighted by atomic mass is 10.2. The van der Waals surface area contributed by atoms with Crippen molar-refractivity contribution in [3.8, 4) is 0 Å². The van der Waals surface area contributed by atoms with E-state index in [1.165, 1.54) is 12.1 Å². The molecule has 0 aliphatic rings. The second kappa shape index (κ2) is 8.89. The van der Waals surface area contributed by atoms with Gasteiger partial charge in [-0.25, -0.2) is 9.07 Å². The molecule has 3 rings (SSSR count). The molecular weight excluding hydrogens is 379 g/mol. The Hall–Kier alpha value is -2.86. The molecule has 0 unspecified atom stereocenters. The van der Waals surface area contributed by atoms with Crippen LogP contribution in [-0.2, 0) is 17.9 Å². The third-order valence-corrected chi connectivity index (χ3v) is 4.95. The average Bonchev–Trinajstić information content (AvgIpc) is 2.93. The van der Waals surface area contributed by atoms with E-state index in [9.17, 15) is 9.18 Å². The summed E-state index contributed by atoms with van der Waals surface area (Å²) < 4.78 is 15.1. The van der Waals surface area contributed by atoms with Crippen LogP contribution < -0.4 is 10.6 Å². The first-order valence-electron chi connectivity index (χ1n) is 8.98. The van der Waals surface area contributed by atoms with Gasteiger partial charge in [0.2, 0.25) is 5.91 Å². The molecule has 0 saturated heterocycles. The van der Waals surface area contributed by atoms with Crippen molar-refractivity contribution in [1.29, 1.82) is 0 Å². The summed E-state index contributed by atoms with van der Waals surface area (Å²) in [6.45, 7) is 3.32. The predicted molar refractivity (Wildman–Crippen MR) is 109 cm³/mol. The first-order valence-corrected chi connectivity index (χ1v) is 9.36. The van der Waals surface area contributed by atoms with E-state index in [1.54, 1.807) is 16.8 Å². The van der Waals surface area contributed by atoms with Crippen LogP contribution >= 0.6 is 11.6 Å². The van der Waals surface area contributed by atoms with Gasteiger partial charge in [-0.1, -0.05) is 41.9 Å². The monoisotopic (exact) mass is 400 g/mol. The Morgan fingerprint density at radius 1 is 1.18 bits per heavy atom. The van der Waals surface area contributed by atoms with Gasteiger partial charge in [0.15, 0.2) is 0 Å². The Kier molecular flexibility index (Phi) is 6.31. The van der Waals surface area contributed by atoms with Crippen molar-refractivity contribution in [3.63, 3.8) is 0 Å². The fourth-order valence-electron chi connectivity index (χ4n) is 3.02. The number of benzene rings is 2. The summed E-state index contributed by atoms with van der Waals surface area (Å²) in [5, 5.41) is 5.12.